The van der Waals surface area contributed by atoms with E-state index in [9.17, 15) is 18.7 Å². The average Bonchev–Trinajstić information content (AvgIpc) is 2.60. The minimum atomic E-state index is -2.70. The van der Waals surface area contributed by atoms with Crippen LogP contribution in [0.25, 0.3) is 0 Å². The third-order valence-corrected chi connectivity index (χ3v) is 4.94. The van der Waals surface area contributed by atoms with Crippen LogP contribution in [0.5, 0.6) is 0 Å². The highest BCUT2D eigenvalue weighted by molar-refractivity contribution is 5.77. The molecule has 2 rings (SSSR count). The smallest absolute Gasteiger partial charge is 0.248 e. The predicted molar refractivity (Wildman–Crippen MR) is 86.9 cm³/mol. The van der Waals surface area contributed by atoms with Crippen LogP contribution in [-0.2, 0) is 11.2 Å². The van der Waals surface area contributed by atoms with E-state index in [1.807, 2.05) is 6.07 Å². The topological polar surface area (TPSA) is 108 Å². The summed E-state index contributed by atoms with van der Waals surface area (Å²) in [6.07, 6.45) is 0.728. The van der Waals surface area contributed by atoms with Gasteiger partial charge < -0.3 is 10.8 Å². The Morgan fingerprint density at radius 3 is 2.64 bits per heavy atom. The van der Waals surface area contributed by atoms with Crippen LogP contribution < -0.4 is 11.2 Å². The van der Waals surface area contributed by atoms with Crippen molar-refractivity contribution in [3.63, 3.8) is 0 Å². The standard InChI is InChI=1S/C17H25F2N3O3/c18-17(19)6-4-11(5-7-17)13(16(24)22-25)10-15(23)14(20)9-12-3-1-2-8-21-12/h1-3,8,11,13-15,23,25H,4-7,9-10,20H2,(H,22,24). The van der Waals surface area contributed by atoms with E-state index in [0.717, 1.165) is 5.69 Å². The van der Waals surface area contributed by atoms with Crippen molar-refractivity contribution in [1.29, 1.82) is 0 Å². The molecule has 8 heteroatoms. The first-order valence-electron chi connectivity index (χ1n) is 8.47. The quantitative estimate of drug-likeness (QED) is 0.438. The number of hydrogen-bond donors (Lipinski definition) is 4. The zero-order valence-electron chi connectivity index (χ0n) is 13.9. The number of nitrogens with two attached hydrogens (primary N) is 1. The molecule has 3 unspecified atom stereocenters. The number of hydroxylamine groups is 1. The van der Waals surface area contributed by atoms with Crippen molar-refractivity contribution in [3.05, 3.63) is 30.1 Å². The molecular weight excluding hydrogens is 332 g/mol. The Bertz CT molecular complexity index is 549. The maximum Gasteiger partial charge on any atom is 0.248 e. The fourth-order valence-electron chi connectivity index (χ4n) is 3.39. The van der Waals surface area contributed by atoms with Gasteiger partial charge >= 0.3 is 0 Å². The Morgan fingerprint density at radius 2 is 2.08 bits per heavy atom. The van der Waals surface area contributed by atoms with Gasteiger partial charge in [-0.25, -0.2) is 14.3 Å². The van der Waals surface area contributed by atoms with E-state index in [4.69, 9.17) is 10.9 Å². The number of aliphatic hydroxyl groups excluding tert-OH is 1. The Kier molecular flexibility index (Phi) is 6.80. The SMILES string of the molecule is NC(Cc1ccccn1)C(O)CC(C(=O)NO)C1CCC(F)(F)CC1. The number of amides is 1. The average molecular weight is 357 g/mol. The van der Waals surface area contributed by atoms with Crippen LogP contribution in [0.15, 0.2) is 24.4 Å². The summed E-state index contributed by atoms with van der Waals surface area (Å²) in [6, 6.07) is 4.72. The summed E-state index contributed by atoms with van der Waals surface area (Å²) in [5.41, 5.74) is 8.31. The number of hydrogen-bond acceptors (Lipinski definition) is 5. The zero-order chi connectivity index (χ0) is 18.4. The lowest BCUT2D eigenvalue weighted by Crippen LogP contribution is -2.43. The van der Waals surface area contributed by atoms with Gasteiger partial charge in [-0.15, -0.1) is 0 Å². The maximum absolute atomic E-state index is 13.3. The van der Waals surface area contributed by atoms with E-state index in [1.165, 1.54) is 0 Å². The Balaban J connectivity index is 1.97. The molecule has 1 aliphatic carbocycles. The zero-order valence-corrected chi connectivity index (χ0v) is 13.9. The minimum absolute atomic E-state index is 0.0105. The third-order valence-electron chi connectivity index (χ3n) is 4.94. The van der Waals surface area contributed by atoms with E-state index >= 15 is 0 Å². The molecule has 5 N–H and O–H groups in total. The fraction of sp³-hybridized carbons (Fsp3) is 0.647. The first kappa shape index (κ1) is 19.7. The van der Waals surface area contributed by atoms with Crippen LogP contribution in [0.2, 0.25) is 0 Å². The van der Waals surface area contributed by atoms with Gasteiger partial charge in [0.1, 0.15) is 0 Å². The molecule has 0 radical (unpaired) electrons. The van der Waals surface area contributed by atoms with Crippen molar-refractivity contribution in [1.82, 2.24) is 10.5 Å². The number of nitrogens with one attached hydrogen (secondary N) is 1. The Hall–Kier alpha value is -1.64. The number of nitrogens with zero attached hydrogens (tertiary/aromatic N) is 1. The minimum Gasteiger partial charge on any atom is -0.391 e. The van der Waals surface area contributed by atoms with Crippen LogP contribution in [0.4, 0.5) is 8.78 Å². The molecule has 140 valence electrons. The predicted octanol–water partition coefficient (Wildman–Crippen LogP) is 1.65. The third kappa shape index (κ3) is 5.69. The first-order chi connectivity index (χ1) is 11.8. The second-order valence-corrected chi connectivity index (χ2v) is 6.77. The van der Waals surface area contributed by atoms with E-state index in [-0.39, 0.29) is 38.0 Å². The molecule has 3 atom stereocenters. The molecule has 1 saturated carbocycles. The number of alkyl halides is 2. The molecule has 0 aliphatic heterocycles. The van der Waals surface area contributed by atoms with Gasteiger partial charge in [-0.3, -0.25) is 15.0 Å². The van der Waals surface area contributed by atoms with Crippen molar-refractivity contribution in [2.45, 2.75) is 56.6 Å². The molecular formula is C17H25F2N3O3. The fourth-order valence-corrected chi connectivity index (χ4v) is 3.39. The van der Waals surface area contributed by atoms with Crippen molar-refractivity contribution >= 4 is 5.91 Å². The van der Waals surface area contributed by atoms with Gasteiger partial charge in [0.2, 0.25) is 11.8 Å². The molecule has 0 aromatic carbocycles. The van der Waals surface area contributed by atoms with Crippen LogP contribution in [0.3, 0.4) is 0 Å². The molecule has 1 amide bonds. The van der Waals surface area contributed by atoms with E-state index in [0.29, 0.717) is 6.42 Å². The van der Waals surface area contributed by atoms with Crippen molar-refractivity contribution in [3.8, 4) is 0 Å². The van der Waals surface area contributed by atoms with Crippen molar-refractivity contribution in [2.75, 3.05) is 0 Å². The summed E-state index contributed by atoms with van der Waals surface area (Å²) in [7, 11) is 0. The van der Waals surface area contributed by atoms with Crippen LogP contribution in [0, 0.1) is 11.8 Å². The number of rotatable bonds is 7. The highest BCUT2D eigenvalue weighted by Gasteiger charge is 2.40. The maximum atomic E-state index is 13.3. The number of carbonyl (C=O) groups excluding carboxylic acids is 1. The van der Waals surface area contributed by atoms with E-state index < -0.39 is 29.9 Å². The van der Waals surface area contributed by atoms with Gasteiger partial charge in [-0.2, -0.15) is 0 Å². The number of carbonyl (C=O) groups is 1. The van der Waals surface area contributed by atoms with E-state index in [1.54, 1.807) is 23.8 Å². The highest BCUT2D eigenvalue weighted by atomic mass is 19.3. The largest absolute Gasteiger partial charge is 0.391 e. The lowest BCUT2D eigenvalue weighted by Gasteiger charge is -2.34. The Labute approximate surface area is 145 Å². The van der Waals surface area contributed by atoms with Crippen molar-refractivity contribution in [2.24, 2.45) is 17.6 Å². The van der Waals surface area contributed by atoms with Crippen LogP contribution >= 0.6 is 0 Å². The second kappa shape index (κ2) is 8.64. The molecule has 1 aliphatic rings. The van der Waals surface area contributed by atoms with Gasteiger partial charge in [0.15, 0.2) is 0 Å². The van der Waals surface area contributed by atoms with Crippen LogP contribution in [0.1, 0.15) is 37.8 Å². The van der Waals surface area contributed by atoms with Gasteiger partial charge in [0.25, 0.3) is 0 Å². The number of pyridine rings is 1. The summed E-state index contributed by atoms with van der Waals surface area (Å²) in [5, 5.41) is 19.3. The van der Waals surface area contributed by atoms with Gasteiger partial charge in [-0.05, 0) is 37.3 Å². The summed E-state index contributed by atoms with van der Waals surface area (Å²) in [5.74, 6) is -4.45. The summed E-state index contributed by atoms with van der Waals surface area (Å²) < 4.78 is 26.7. The molecule has 1 fully saturated rings. The van der Waals surface area contributed by atoms with E-state index in [2.05, 4.69) is 4.98 Å². The van der Waals surface area contributed by atoms with Gasteiger partial charge in [0, 0.05) is 43.1 Å². The molecule has 0 bridgehead atoms. The first-order valence-corrected chi connectivity index (χ1v) is 8.47. The van der Waals surface area contributed by atoms with Gasteiger partial charge in [-0.1, -0.05) is 6.07 Å². The number of aromatic nitrogens is 1. The summed E-state index contributed by atoms with van der Waals surface area (Å²) in [4.78, 5) is 16.1. The molecule has 0 spiro atoms. The van der Waals surface area contributed by atoms with Gasteiger partial charge in [0.05, 0.1) is 6.10 Å². The summed E-state index contributed by atoms with van der Waals surface area (Å²) >= 11 is 0. The van der Waals surface area contributed by atoms with Crippen molar-refractivity contribution < 1.29 is 23.9 Å². The monoisotopic (exact) mass is 357 g/mol. The normalized spacial score (nSPS) is 21.3. The lowest BCUT2D eigenvalue weighted by molar-refractivity contribution is -0.139. The number of aliphatic hydroxyl groups is 1. The molecule has 1 aromatic heterocycles. The molecule has 0 saturated heterocycles. The molecule has 25 heavy (non-hydrogen) atoms. The highest BCUT2D eigenvalue weighted by Crippen LogP contribution is 2.40. The molecule has 1 aromatic rings. The lowest BCUT2D eigenvalue weighted by atomic mass is 9.75. The number of halogens is 2. The Morgan fingerprint density at radius 1 is 1.40 bits per heavy atom. The molecule has 6 nitrogen and oxygen atoms in total. The second-order valence-electron chi connectivity index (χ2n) is 6.77. The molecule has 1 heterocycles. The van der Waals surface area contributed by atoms with Crippen LogP contribution in [-0.4, -0.2) is 39.3 Å². The summed E-state index contributed by atoms with van der Waals surface area (Å²) in [6.45, 7) is 0.